The highest BCUT2D eigenvalue weighted by Gasteiger charge is 2.23. The van der Waals surface area contributed by atoms with E-state index in [0.717, 1.165) is 23.9 Å². The molecule has 7 nitrogen and oxygen atoms in total. The molecule has 3 amide bonds. The number of nitrogens with zero attached hydrogens (tertiary/aromatic N) is 1. The number of nitrogens with two attached hydrogens (primary N) is 1. The van der Waals surface area contributed by atoms with Crippen molar-refractivity contribution in [3.8, 4) is 0 Å². The molecule has 0 atom stereocenters. The Kier molecular flexibility index (Phi) is 3.70. The fourth-order valence-electron chi connectivity index (χ4n) is 1.82. The summed E-state index contributed by atoms with van der Waals surface area (Å²) in [6.45, 7) is 0. The van der Waals surface area contributed by atoms with Gasteiger partial charge in [0.25, 0.3) is 0 Å². The van der Waals surface area contributed by atoms with Gasteiger partial charge in [0, 0.05) is 11.7 Å². The first-order valence-corrected chi connectivity index (χ1v) is 7.57. The average Bonchev–Trinajstić information content (AvgIpc) is 3.13. The molecule has 1 saturated carbocycles. The number of anilines is 1. The Morgan fingerprint density at radius 1 is 1.43 bits per heavy atom. The van der Waals surface area contributed by atoms with Gasteiger partial charge >= 0.3 is 6.03 Å². The maximum absolute atomic E-state index is 11.6. The first-order valence-electron chi connectivity index (χ1n) is 6.58. The summed E-state index contributed by atoms with van der Waals surface area (Å²) in [5.41, 5.74) is 7.96. The molecule has 1 fully saturated rings. The number of aromatic amines is 1. The number of nitrogen functional groups attached to an aromatic ring is 1. The van der Waals surface area contributed by atoms with Crippen molar-refractivity contribution in [2.45, 2.75) is 24.0 Å². The number of fused-ring (bicyclic) bond motifs is 1. The number of hydrogen-bond donors (Lipinski definition) is 4. The van der Waals surface area contributed by atoms with Crippen LogP contribution in [0.15, 0.2) is 23.4 Å². The summed E-state index contributed by atoms with van der Waals surface area (Å²) in [6.07, 6.45) is 1.97. The summed E-state index contributed by atoms with van der Waals surface area (Å²) in [6, 6.07) is 5.17. The Labute approximate surface area is 125 Å². The van der Waals surface area contributed by atoms with Crippen molar-refractivity contribution in [3.05, 3.63) is 18.2 Å². The van der Waals surface area contributed by atoms with Gasteiger partial charge in [-0.2, -0.15) is 0 Å². The van der Waals surface area contributed by atoms with E-state index in [1.165, 1.54) is 11.8 Å². The van der Waals surface area contributed by atoms with Gasteiger partial charge in [0.2, 0.25) is 5.91 Å². The number of rotatable bonds is 4. The summed E-state index contributed by atoms with van der Waals surface area (Å²) in [4.78, 5) is 30.5. The molecule has 110 valence electrons. The van der Waals surface area contributed by atoms with Gasteiger partial charge in [-0.1, -0.05) is 11.8 Å². The molecule has 0 saturated heterocycles. The summed E-state index contributed by atoms with van der Waals surface area (Å²) < 4.78 is 0. The number of benzene rings is 1. The van der Waals surface area contributed by atoms with Crippen LogP contribution in [0.1, 0.15) is 12.8 Å². The van der Waals surface area contributed by atoms with Crippen LogP contribution in [0.4, 0.5) is 10.5 Å². The van der Waals surface area contributed by atoms with Gasteiger partial charge in [0.1, 0.15) is 0 Å². The number of imide groups is 1. The second kappa shape index (κ2) is 5.65. The molecule has 1 aliphatic carbocycles. The zero-order valence-corrected chi connectivity index (χ0v) is 12.0. The van der Waals surface area contributed by atoms with Gasteiger partial charge in [-0.05, 0) is 31.0 Å². The van der Waals surface area contributed by atoms with Crippen LogP contribution in [0.3, 0.4) is 0 Å². The molecule has 21 heavy (non-hydrogen) atoms. The Hall–Kier alpha value is -2.22. The van der Waals surface area contributed by atoms with Crippen LogP contribution >= 0.6 is 11.8 Å². The summed E-state index contributed by atoms with van der Waals surface area (Å²) in [5.74, 6) is -0.231. The first-order chi connectivity index (χ1) is 10.1. The smallest absolute Gasteiger partial charge is 0.321 e. The van der Waals surface area contributed by atoms with Gasteiger partial charge in [-0.15, -0.1) is 0 Å². The number of urea groups is 1. The Morgan fingerprint density at radius 3 is 3.00 bits per heavy atom. The number of imidazole rings is 1. The molecule has 1 heterocycles. The van der Waals surface area contributed by atoms with E-state index in [4.69, 9.17) is 5.73 Å². The molecule has 8 heteroatoms. The lowest BCUT2D eigenvalue weighted by atomic mass is 10.3. The second-order valence-corrected chi connectivity index (χ2v) is 5.87. The van der Waals surface area contributed by atoms with Crippen molar-refractivity contribution >= 4 is 40.4 Å². The fraction of sp³-hybridized carbons (Fsp3) is 0.308. The van der Waals surface area contributed by atoms with Crippen LogP contribution in [-0.4, -0.2) is 33.7 Å². The van der Waals surface area contributed by atoms with E-state index in [2.05, 4.69) is 20.6 Å². The quantitative estimate of drug-likeness (QED) is 0.501. The van der Waals surface area contributed by atoms with Gasteiger partial charge in [-0.3, -0.25) is 10.1 Å². The Morgan fingerprint density at radius 2 is 2.24 bits per heavy atom. The number of amides is 3. The van der Waals surface area contributed by atoms with Crippen LogP contribution in [0.2, 0.25) is 0 Å². The van der Waals surface area contributed by atoms with E-state index in [0.29, 0.717) is 10.8 Å². The van der Waals surface area contributed by atoms with E-state index in [9.17, 15) is 9.59 Å². The number of hydrogen-bond acceptors (Lipinski definition) is 5. The maximum Gasteiger partial charge on any atom is 0.321 e. The van der Waals surface area contributed by atoms with Crippen molar-refractivity contribution in [3.63, 3.8) is 0 Å². The molecule has 0 radical (unpaired) electrons. The Balaban J connectivity index is 1.53. The van der Waals surface area contributed by atoms with E-state index in [1.54, 1.807) is 12.1 Å². The third-order valence-corrected chi connectivity index (χ3v) is 3.86. The fourth-order valence-corrected chi connectivity index (χ4v) is 2.50. The van der Waals surface area contributed by atoms with Crippen LogP contribution in [-0.2, 0) is 4.79 Å². The third-order valence-electron chi connectivity index (χ3n) is 2.99. The van der Waals surface area contributed by atoms with Crippen LogP contribution in [0.25, 0.3) is 11.0 Å². The Bertz CT molecular complexity index is 695. The number of carbonyl (C=O) groups is 2. The second-order valence-electron chi connectivity index (χ2n) is 4.90. The molecule has 1 aliphatic rings. The first kappa shape index (κ1) is 13.7. The topological polar surface area (TPSA) is 113 Å². The zero-order chi connectivity index (χ0) is 14.8. The van der Waals surface area contributed by atoms with Crippen LogP contribution in [0.5, 0.6) is 0 Å². The van der Waals surface area contributed by atoms with Gasteiger partial charge in [0.15, 0.2) is 5.16 Å². The number of nitrogens with one attached hydrogen (secondary N) is 3. The highest BCUT2D eigenvalue weighted by molar-refractivity contribution is 7.99. The van der Waals surface area contributed by atoms with Gasteiger partial charge < -0.3 is 16.0 Å². The van der Waals surface area contributed by atoms with E-state index in [1.807, 2.05) is 6.07 Å². The third kappa shape index (κ3) is 3.66. The lowest BCUT2D eigenvalue weighted by Gasteiger charge is -2.04. The minimum atomic E-state index is -0.430. The molecule has 0 spiro atoms. The lowest BCUT2D eigenvalue weighted by Crippen LogP contribution is -2.41. The highest BCUT2D eigenvalue weighted by Crippen LogP contribution is 2.21. The molecule has 1 aromatic heterocycles. The van der Waals surface area contributed by atoms with Crippen molar-refractivity contribution < 1.29 is 9.59 Å². The molecular formula is C13H15N5O2S. The molecule has 1 aromatic carbocycles. The predicted octanol–water partition coefficient (Wildman–Crippen LogP) is 1.23. The molecule has 0 aliphatic heterocycles. The van der Waals surface area contributed by atoms with Crippen molar-refractivity contribution in [2.24, 2.45) is 0 Å². The van der Waals surface area contributed by atoms with Gasteiger partial charge in [0.05, 0.1) is 16.8 Å². The minimum absolute atomic E-state index is 0.118. The van der Waals surface area contributed by atoms with E-state index >= 15 is 0 Å². The molecule has 5 N–H and O–H groups in total. The van der Waals surface area contributed by atoms with E-state index < -0.39 is 6.03 Å². The molecule has 2 aromatic rings. The van der Waals surface area contributed by atoms with Crippen LogP contribution in [0, 0.1) is 0 Å². The number of aromatic nitrogens is 2. The average molecular weight is 305 g/mol. The molecule has 3 rings (SSSR count). The van der Waals surface area contributed by atoms with Crippen molar-refractivity contribution in [2.75, 3.05) is 11.5 Å². The maximum atomic E-state index is 11.6. The zero-order valence-electron chi connectivity index (χ0n) is 11.2. The number of carbonyl (C=O) groups excluding carboxylic acids is 2. The minimum Gasteiger partial charge on any atom is -0.399 e. The molecule has 0 bridgehead atoms. The summed E-state index contributed by atoms with van der Waals surface area (Å²) >= 11 is 1.24. The largest absolute Gasteiger partial charge is 0.399 e. The lowest BCUT2D eigenvalue weighted by molar-refractivity contribution is -0.117. The standard InChI is InChI=1S/C13H15N5O2S/c14-7-1-4-9-10(5-7)17-13(16-9)21-6-11(19)18-12(20)15-8-2-3-8/h1,4-5,8H,2-3,6,14H2,(H,16,17)(H2,15,18,19,20). The van der Waals surface area contributed by atoms with Crippen molar-refractivity contribution in [1.82, 2.24) is 20.6 Å². The van der Waals surface area contributed by atoms with Crippen molar-refractivity contribution in [1.29, 1.82) is 0 Å². The summed E-state index contributed by atoms with van der Waals surface area (Å²) in [7, 11) is 0. The number of thioether (sulfide) groups is 1. The normalized spacial score (nSPS) is 14.1. The number of H-pyrrole nitrogens is 1. The predicted molar refractivity (Wildman–Crippen MR) is 80.9 cm³/mol. The molecule has 0 unspecified atom stereocenters. The highest BCUT2D eigenvalue weighted by atomic mass is 32.2. The monoisotopic (exact) mass is 305 g/mol. The summed E-state index contributed by atoms with van der Waals surface area (Å²) in [5, 5.41) is 5.60. The van der Waals surface area contributed by atoms with E-state index in [-0.39, 0.29) is 17.7 Å². The SMILES string of the molecule is Nc1ccc2nc(SCC(=O)NC(=O)NC3CC3)[nH]c2c1. The van der Waals surface area contributed by atoms with Crippen LogP contribution < -0.4 is 16.4 Å². The van der Waals surface area contributed by atoms with Gasteiger partial charge in [-0.25, -0.2) is 9.78 Å². The molecular weight excluding hydrogens is 290 g/mol.